The number of benzene rings is 1. The van der Waals surface area contributed by atoms with E-state index in [1.54, 1.807) is 6.08 Å². The Labute approximate surface area is 179 Å². The molecular formula is C25H31N3O2. The molecule has 158 valence electrons. The number of aryl methyl sites for hydroxylation is 1. The molecule has 5 nitrogen and oxygen atoms in total. The first-order valence-electron chi connectivity index (χ1n) is 10.9. The Morgan fingerprint density at radius 2 is 1.90 bits per heavy atom. The van der Waals surface area contributed by atoms with Gasteiger partial charge in [0.1, 0.15) is 6.54 Å². The summed E-state index contributed by atoms with van der Waals surface area (Å²) in [4.78, 5) is 29.4. The number of rotatable bonds is 10. The van der Waals surface area contributed by atoms with Gasteiger partial charge in [-0.05, 0) is 55.9 Å². The van der Waals surface area contributed by atoms with Crippen LogP contribution < -0.4 is 0 Å². The molecular weight excluding hydrogens is 374 g/mol. The fourth-order valence-electron chi connectivity index (χ4n) is 3.91. The summed E-state index contributed by atoms with van der Waals surface area (Å²) < 4.78 is 2.19. The number of carbonyl (C=O) groups excluding carboxylic acids is 2. The maximum Gasteiger partial charge on any atom is 0.242 e. The first kappa shape index (κ1) is 20.5. The Bertz CT molecular complexity index is 924. The standard InChI is InChI=1S/C25H31N3O2/c1-3-14-27(24(29)18-28(22-12-13-22)25(30)20-10-11-20)17-23-9-6-15-26(23)16-21-8-5-4-7-19(21)2/h3-9,15,20,22H,1,10-14,16-18H2,2H3. The normalized spacial score (nSPS) is 15.6. The highest BCUT2D eigenvalue weighted by Gasteiger charge is 2.41. The highest BCUT2D eigenvalue weighted by atomic mass is 16.2. The Hall–Kier alpha value is -2.82. The molecule has 4 rings (SSSR count). The summed E-state index contributed by atoms with van der Waals surface area (Å²) in [7, 11) is 0. The van der Waals surface area contributed by atoms with Crippen molar-refractivity contribution in [1.29, 1.82) is 0 Å². The van der Waals surface area contributed by atoms with E-state index in [-0.39, 0.29) is 30.3 Å². The predicted molar refractivity (Wildman–Crippen MR) is 118 cm³/mol. The number of nitrogens with zero attached hydrogens (tertiary/aromatic N) is 3. The van der Waals surface area contributed by atoms with Gasteiger partial charge in [0, 0.05) is 36.9 Å². The van der Waals surface area contributed by atoms with E-state index in [9.17, 15) is 9.59 Å². The van der Waals surface area contributed by atoms with Gasteiger partial charge < -0.3 is 14.4 Å². The van der Waals surface area contributed by atoms with Crippen LogP contribution in [0, 0.1) is 12.8 Å². The molecule has 2 saturated carbocycles. The average molecular weight is 406 g/mol. The molecule has 0 atom stereocenters. The lowest BCUT2D eigenvalue weighted by Crippen LogP contribution is -2.44. The van der Waals surface area contributed by atoms with E-state index in [1.165, 1.54) is 11.1 Å². The number of hydrogen-bond acceptors (Lipinski definition) is 2. The van der Waals surface area contributed by atoms with Crippen molar-refractivity contribution in [3.8, 4) is 0 Å². The van der Waals surface area contributed by atoms with E-state index in [0.717, 1.165) is 37.9 Å². The van der Waals surface area contributed by atoms with Gasteiger partial charge in [-0.25, -0.2) is 0 Å². The van der Waals surface area contributed by atoms with Crippen LogP contribution in [0.25, 0.3) is 0 Å². The second kappa shape index (κ2) is 8.90. The maximum absolute atomic E-state index is 13.1. The number of hydrogen-bond donors (Lipinski definition) is 0. The molecule has 0 spiro atoms. The van der Waals surface area contributed by atoms with Gasteiger partial charge >= 0.3 is 0 Å². The van der Waals surface area contributed by atoms with Crippen molar-refractivity contribution in [2.24, 2.45) is 5.92 Å². The van der Waals surface area contributed by atoms with Gasteiger partial charge in [0.15, 0.2) is 0 Å². The summed E-state index contributed by atoms with van der Waals surface area (Å²) in [5, 5.41) is 0. The number of aromatic nitrogens is 1. The lowest BCUT2D eigenvalue weighted by atomic mass is 10.1. The second-order valence-corrected chi connectivity index (χ2v) is 8.59. The minimum absolute atomic E-state index is 0.000517. The summed E-state index contributed by atoms with van der Waals surface area (Å²) in [5.74, 6) is 0.323. The van der Waals surface area contributed by atoms with E-state index in [4.69, 9.17) is 0 Å². The second-order valence-electron chi connectivity index (χ2n) is 8.59. The van der Waals surface area contributed by atoms with E-state index in [0.29, 0.717) is 13.1 Å². The van der Waals surface area contributed by atoms with Crippen molar-refractivity contribution >= 4 is 11.8 Å². The third-order valence-electron chi connectivity index (χ3n) is 6.08. The Morgan fingerprint density at radius 1 is 1.13 bits per heavy atom. The molecule has 2 aliphatic rings. The topological polar surface area (TPSA) is 45.6 Å². The molecule has 0 N–H and O–H groups in total. The summed E-state index contributed by atoms with van der Waals surface area (Å²) in [6.45, 7) is 7.91. The van der Waals surface area contributed by atoms with Crippen LogP contribution in [0.15, 0.2) is 55.3 Å². The molecule has 30 heavy (non-hydrogen) atoms. The monoisotopic (exact) mass is 405 g/mol. The molecule has 0 bridgehead atoms. The van der Waals surface area contributed by atoms with Crippen LogP contribution in [0.5, 0.6) is 0 Å². The molecule has 2 fully saturated rings. The lowest BCUT2D eigenvalue weighted by molar-refractivity contribution is -0.141. The largest absolute Gasteiger partial charge is 0.345 e. The third-order valence-corrected chi connectivity index (χ3v) is 6.08. The van der Waals surface area contributed by atoms with Crippen LogP contribution in [-0.4, -0.2) is 45.3 Å². The molecule has 0 saturated heterocycles. The van der Waals surface area contributed by atoms with Gasteiger partial charge in [-0.2, -0.15) is 0 Å². The summed E-state index contributed by atoms with van der Waals surface area (Å²) in [6, 6.07) is 12.7. The molecule has 1 heterocycles. The van der Waals surface area contributed by atoms with Gasteiger partial charge in [-0.15, -0.1) is 6.58 Å². The van der Waals surface area contributed by atoms with Crippen LogP contribution in [0.3, 0.4) is 0 Å². The molecule has 2 aliphatic carbocycles. The van der Waals surface area contributed by atoms with Crippen molar-refractivity contribution in [2.45, 2.75) is 51.7 Å². The maximum atomic E-state index is 13.1. The van der Waals surface area contributed by atoms with Crippen LogP contribution in [0.4, 0.5) is 0 Å². The Morgan fingerprint density at radius 3 is 2.57 bits per heavy atom. The molecule has 1 aromatic carbocycles. The van der Waals surface area contributed by atoms with Gasteiger partial charge in [-0.1, -0.05) is 30.3 Å². The predicted octanol–water partition coefficient (Wildman–Crippen LogP) is 3.76. The Balaban J connectivity index is 1.45. The molecule has 5 heteroatoms. The fourth-order valence-corrected chi connectivity index (χ4v) is 3.91. The highest BCUT2D eigenvalue weighted by Crippen LogP contribution is 2.35. The fraction of sp³-hybridized carbons (Fsp3) is 0.440. The Kier molecular flexibility index (Phi) is 6.07. The van der Waals surface area contributed by atoms with Crippen LogP contribution in [0.1, 0.15) is 42.5 Å². The van der Waals surface area contributed by atoms with Crippen LogP contribution in [-0.2, 0) is 22.7 Å². The van der Waals surface area contributed by atoms with Gasteiger partial charge in [0.25, 0.3) is 0 Å². The van der Waals surface area contributed by atoms with Crippen molar-refractivity contribution < 1.29 is 9.59 Å². The van der Waals surface area contributed by atoms with Crippen molar-refractivity contribution in [1.82, 2.24) is 14.4 Å². The third kappa shape index (κ3) is 4.84. The molecule has 0 radical (unpaired) electrons. The van der Waals surface area contributed by atoms with E-state index in [2.05, 4.69) is 54.6 Å². The van der Waals surface area contributed by atoms with Crippen molar-refractivity contribution in [2.75, 3.05) is 13.1 Å². The van der Waals surface area contributed by atoms with Crippen molar-refractivity contribution in [3.05, 3.63) is 72.1 Å². The smallest absolute Gasteiger partial charge is 0.242 e. The van der Waals surface area contributed by atoms with E-state index >= 15 is 0 Å². The summed E-state index contributed by atoms with van der Waals surface area (Å²) in [5.41, 5.74) is 3.61. The van der Waals surface area contributed by atoms with Gasteiger partial charge in [-0.3, -0.25) is 9.59 Å². The van der Waals surface area contributed by atoms with Crippen LogP contribution >= 0.6 is 0 Å². The number of carbonyl (C=O) groups is 2. The highest BCUT2D eigenvalue weighted by molar-refractivity contribution is 5.87. The first-order chi connectivity index (χ1) is 14.6. The zero-order chi connectivity index (χ0) is 21.1. The van der Waals surface area contributed by atoms with Gasteiger partial charge in [0.05, 0.1) is 6.54 Å². The zero-order valence-corrected chi connectivity index (χ0v) is 17.8. The minimum atomic E-state index is -0.000517. The molecule has 2 amide bonds. The molecule has 1 aromatic heterocycles. The summed E-state index contributed by atoms with van der Waals surface area (Å²) >= 11 is 0. The minimum Gasteiger partial charge on any atom is -0.345 e. The van der Waals surface area contributed by atoms with Crippen molar-refractivity contribution in [3.63, 3.8) is 0 Å². The van der Waals surface area contributed by atoms with Crippen LogP contribution in [0.2, 0.25) is 0 Å². The van der Waals surface area contributed by atoms with E-state index in [1.807, 2.05) is 15.9 Å². The molecule has 2 aromatic rings. The van der Waals surface area contributed by atoms with Gasteiger partial charge in [0.2, 0.25) is 11.8 Å². The first-order valence-corrected chi connectivity index (χ1v) is 10.9. The zero-order valence-electron chi connectivity index (χ0n) is 17.8. The SMILES string of the molecule is C=CCN(Cc1cccn1Cc1ccccc1C)C(=O)CN(C(=O)C1CC1)C1CC1. The number of amides is 2. The molecule has 0 aliphatic heterocycles. The lowest BCUT2D eigenvalue weighted by Gasteiger charge is -2.27. The quantitative estimate of drug-likeness (QED) is 0.565. The summed E-state index contributed by atoms with van der Waals surface area (Å²) in [6.07, 6.45) is 7.80. The average Bonchev–Trinajstić information content (AvgIpc) is 3.65. The molecule has 0 unspecified atom stereocenters. The van der Waals surface area contributed by atoms with E-state index < -0.39 is 0 Å².